The van der Waals surface area contributed by atoms with Crippen molar-refractivity contribution >= 4 is 0 Å². The van der Waals surface area contributed by atoms with Crippen LogP contribution in [0.4, 0.5) is 0 Å². The monoisotopic (exact) mass is 440 g/mol. The summed E-state index contributed by atoms with van der Waals surface area (Å²) in [5.41, 5.74) is 3.25. The molecular weight excluding hydrogens is 429 g/mol. The molecule has 4 heteroatoms. The average Bonchev–Trinajstić information content (AvgIpc) is 2.36. The van der Waals surface area contributed by atoms with E-state index in [0.29, 0.717) is 3.17 Å². The molecule has 0 saturated heterocycles. The van der Waals surface area contributed by atoms with Crippen LogP contribution in [0.15, 0.2) is 36.4 Å². The average molecular weight is 440 g/mol. The molecule has 0 amide bonds. The van der Waals surface area contributed by atoms with E-state index >= 15 is 0 Å². The first-order valence-corrected chi connectivity index (χ1v) is 6.61. The van der Waals surface area contributed by atoms with Gasteiger partial charge in [0.25, 0.3) is 0 Å². The second-order valence-corrected chi connectivity index (χ2v) is 7.30. The molecule has 0 fully saturated rings. The Balaban J connectivity index is 0.000000750. The maximum atomic E-state index is 2.46. The minimum absolute atomic E-state index is 0. The van der Waals surface area contributed by atoms with Gasteiger partial charge in [0.2, 0.25) is 0 Å². The molecule has 0 spiro atoms. The molecule has 0 N–H and O–H groups in total. The molecule has 2 unspecified atom stereocenters. The SMILES string of the molecule is [Cl-].[Cl-].[Cl-].[Hf+3][C]12C=CCC(C1)c1ccccc12. The van der Waals surface area contributed by atoms with Crippen LogP contribution in [0.5, 0.6) is 0 Å². The summed E-state index contributed by atoms with van der Waals surface area (Å²) in [6.07, 6.45) is 7.50. The molecule has 16 heavy (non-hydrogen) atoms. The van der Waals surface area contributed by atoms with Crippen LogP contribution in [0.2, 0.25) is 0 Å². The van der Waals surface area contributed by atoms with Crippen molar-refractivity contribution in [2.45, 2.75) is 21.9 Å². The third-order valence-corrected chi connectivity index (χ3v) is 5.57. The van der Waals surface area contributed by atoms with Crippen molar-refractivity contribution in [1.29, 1.82) is 0 Å². The van der Waals surface area contributed by atoms with E-state index < -0.39 is 0 Å². The van der Waals surface area contributed by atoms with Crippen molar-refractivity contribution in [3.8, 4) is 0 Å². The molecule has 0 aliphatic heterocycles. The Labute approximate surface area is 130 Å². The van der Waals surface area contributed by atoms with Crippen molar-refractivity contribution < 1.29 is 61.6 Å². The van der Waals surface area contributed by atoms with Gasteiger partial charge < -0.3 is 37.2 Å². The van der Waals surface area contributed by atoms with Crippen LogP contribution in [-0.2, 0) is 27.5 Å². The normalized spacial score (nSPS) is 28.2. The quantitative estimate of drug-likeness (QED) is 0.279. The van der Waals surface area contributed by atoms with Crippen molar-refractivity contribution in [3.63, 3.8) is 0 Å². The van der Waals surface area contributed by atoms with Gasteiger partial charge in [0.1, 0.15) is 0 Å². The van der Waals surface area contributed by atoms with Crippen LogP contribution in [-0.4, -0.2) is 0 Å². The molecule has 0 nitrogen and oxygen atoms in total. The first kappa shape index (κ1) is 16.7. The molecule has 2 atom stereocenters. The number of allylic oxidation sites excluding steroid dienone is 2. The maximum absolute atomic E-state index is 2.46. The number of halogens is 3. The Morgan fingerprint density at radius 1 is 1.12 bits per heavy atom. The summed E-state index contributed by atoms with van der Waals surface area (Å²) in [4.78, 5) is 0. The van der Waals surface area contributed by atoms with E-state index in [2.05, 4.69) is 36.4 Å². The van der Waals surface area contributed by atoms with Gasteiger partial charge in [-0.3, -0.25) is 0 Å². The Hall–Kier alpha value is 0.700. The summed E-state index contributed by atoms with van der Waals surface area (Å²) in [5.74, 6) is 0.832. The van der Waals surface area contributed by atoms with E-state index in [1.807, 2.05) is 0 Å². The summed E-state index contributed by atoms with van der Waals surface area (Å²) in [7, 11) is 0. The van der Waals surface area contributed by atoms with Crippen molar-refractivity contribution in [3.05, 3.63) is 47.5 Å². The molecular formula is C12H11Cl3Hf. The van der Waals surface area contributed by atoms with Gasteiger partial charge in [-0.15, -0.1) is 0 Å². The fourth-order valence-corrected chi connectivity index (χ4v) is 4.80. The summed E-state index contributed by atoms with van der Waals surface area (Å²) in [6, 6.07) is 9.03. The Morgan fingerprint density at radius 3 is 2.56 bits per heavy atom. The molecule has 0 saturated carbocycles. The molecule has 2 bridgehead atoms. The van der Waals surface area contributed by atoms with Gasteiger partial charge in [-0.1, -0.05) is 0 Å². The van der Waals surface area contributed by atoms with E-state index in [-0.39, 0.29) is 37.2 Å². The van der Waals surface area contributed by atoms with E-state index in [9.17, 15) is 0 Å². The van der Waals surface area contributed by atoms with E-state index in [4.69, 9.17) is 0 Å². The van der Waals surface area contributed by atoms with Gasteiger partial charge in [0.05, 0.1) is 0 Å². The first-order valence-electron chi connectivity index (χ1n) is 4.82. The van der Waals surface area contributed by atoms with Gasteiger partial charge in [0.15, 0.2) is 0 Å². The summed E-state index contributed by atoms with van der Waals surface area (Å²) < 4.78 is 0.486. The molecule has 1 aromatic carbocycles. The standard InChI is InChI=1S/C12H11.3ClH.Hf/c1-2-7-12-10-5-3-4-9(8-10)11(12)6-1;;;;/h1-4,6-7,10H,5,8H2;3*1H;/q;;;;+3/p-3. The summed E-state index contributed by atoms with van der Waals surface area (Å²) in [5, 5.41) is 0. The van der Waals surface area contributed by atoms with E-state index in [0.717, 1.165) is 5.92 Å². The van der Waals surface area contributed by atoms with Crippen LogP contribution in [0.3, 0.4) is 0 Å². The van der Waals surface area contributed by atoms with Crippen molar-refractivity contribution in [1.82, 2.24) is 0 Å². The number of hydrogen-bond donors (Lipinski definition) is 0. The zero-order valence-electron chi connectivity index (χ0n) is 8.59. The minimum atomic E-state index is 0. The van der Waals surface area contributed by atoms with Crippen LogP contribution < -0.4 is 37.2 Å². The third-order valence-electron chi connectivity index (χ3n) is 3.27. The number of benzene rings is 1. The second-order valence-electron chi connectivity index (χ2n) is 4.10. The number of rotatable bonds is 0. The van der Waals surface area contributed by atoms with Crippen molar-refractivity contribution in [2.75, 3.05) is 0 Å². The molecule has 2 aliphatic carbocycles. The molecule has 1 aromatic rings. The second kappa shape index (κ2) is 6.04. The Morgan fingerprint density at radius 2 is 1.81 bits per heavy atom. The van der Waals surface area contributed by atoms with E-state index in [1.54, 1.807) is 11.1 Å². The molecule has 84 valence electrons. The molecule has 0 heterocycles. The van der Waals surface area contributed by atoms with Gasteiger partial charge in [-0.25, -0.2) is 0 Å². The number of fused-ring (bicyclic) bond motifs is 5. The fraction of sp³-hybridized carbons (Fsp3) is 0.333. The summed E-state index contributed by atoms with van der Waals surface area (Å²) >= 11 is 1.26. The Kier molecular flexibility index (Phi) is 6.30. The zero-order valence-corrected chi connectivity index (χ0v) is 14.5. The molecule has 3 rings (SSSR count). The third kappa shape index (κ3) is 2.43. The van der Waals surface area contributed by atoms with Gasteiger partial charge in [-0.05, 0) is 0 Å². The molecule has 0 aromatic heterocycles. The predicted molar refractivity (Wildman–Crippen MR) is 49.2 cm³/mol. The first-order chi connectivity index (χ1) is 6.30. The Bertz CT molecular complexity index is 392. The van der Waals surface area contributed by atoms with Crippen LogP contribution in [0, 0.1) is 0 Å². The molecule has 2 aliphatic rings. The topological polar surface area (TPSA) is 0 Å². The van der Waals surface area contributed by atoms with Crippen molar-refractivity contribution in [2.24, 2.45) is 0 Å². The number of hydrogen-bond acceptors (Lipinski definition) is 0. The van der Waals surface area contributed by atoms with Crippen LogP contribution >= 0.6 is 0 Å². The van der Waals surface area contributed by atoms with Gasteiger partial charge >= 0.3 is 93.9 Å². The van der Waals surface area contributed by atoms with Gasteiger partial charge in [-0.2, -0.15) is 0 Å². The predicted octanol–water partition coefficient (Wildman–Crippen LogP) is -6.11. The summed E-state index contributed by atoms with van der Waals surface area (Å²) in [6.45, 7) is 0. The van der Waals surface area contributed by atoms with Crippen LogP contribution in [0.25, 0.3) is 0 Å². The van der Waals surface area contributed by atoms with Gasteiger partial charge in [0, 0.05) is 0 Å². The van der Waals surface area contributed by atoms with E-state index in [1.165, 1.54) is 37.2 Å². The zero-order chi connectivity index (χ0) is 8.89. The van der Waals surface area contributed by atoms with Crippen LogP contribution in [0.1, 0.15) is 29.9 Å². The molecule has 0 radical (unpaired) electrons. The fourth-order valence-electron chi connectivity index (χ4n) is 2.67.